The van der Waals surface area contributed by atoms with Gasteiger partial charge >= 0.3 is 0 Å². The lowest BCUT2D eigenvalue weighted by molar-refractivity contribution is 0.0745. The van der Waals surface area contributed by atoms with Crippen LogP contribution < -0.4 is 10.1 Å². The van der Waals surface area contributed by atoms with Crippen LogP contribution in [0.3, 0.4) is 0 Å². The predicted octanol–water partition coefficient (Wildman–Crippen LogP) is 1.56. The van der Waals surface area contributed by atoms with E-state index in [-0.39, 0.29) is 23.3 Å². The zero-order chi connectivity index (χ0) is 13.5. The summed E-state index contributed by atoms with van der Waals surface area (Å²) >= 11 is 0. The average molecular weight is 253 g/mol. The van der Waals surface area contributed by atoms with Crippen molar-refractivity contribution in [2.24, 2.45) is 0 Å². The molecule has 5 nitrogen and oxygen atoms in total. The number of aromatic hydroxyl groups is 1. The minimum atomic E-state index is -0.348. The molecular formula is C13H19NO4. The maximum atomic E-state index is 11.8. The Hall–Kier alpha value is -1.75. The molecule has 18 heavy (non-hydrogen) atoms. The van der Waals surface area contributed by atoms with Gasteiger partial charge in [-0.2, -0.15) is 0 Å². The van der Waals surface area contributed by atoms with E-state index in [9.17, 15) is 9.90 Å². The van der Waals surface area contributed by atoms with Gasteiger partial charge in [0, 0.05) is 6.54 Å². The first-order chi connectivity index (χ1) is 8.54. The van der Waals surface area contributed by atoms with E-state index in [0.29, 0.717) is 18.9 Å². The van der Waals surface area contributed by atoms with Crippen LogP contribution in [-0.4, -0.2) is 37.4 Å². The zero-order valence-corrected chi connectivity index (χ0v) is 10.9. The van der Waals surface area contributed by atoms with Gasteiger partial charge < -0.3 is 19.9 Å². The van der Waals surface area contributed by atoms with Gasteiger partial charge in [0.2, 0.25) is 0 Å². The maximum absolute atomic E-state index is 11.8. The Balaban J connectivity index is 2.55. The van der Waals surface area contributed by atoms with Crippen molar-refractivity contribution in [3.8, 4) is 11.5 Å². The highest BCUT2D eigenvalue weighted by Gasteiger charge is 2.11. The highest BCUT2D eigenvalue weighted by atomic mass is 16.5. The molecule has 0 bridgehead atoms. The largest absolute Gasteiger partial charge is 0.507 e. The van der Waals surface area contributed by atoms with Gasteiger partial charge in [-0.3, -0.25) is 4.79 Å². The van der Waals surface area contributed by atoms with Gasteiger partial charge in [0.1, 0.15) is 11.5 Å². The lowest BCUT2D eigenvalue weighted by Gasteiger charge is -2.10. The monoisotopic (exact) mass is 253 g/mol. The fourth-order valence-electron chi connectivity index (χ4n) is 1.38. The minimum Gasteiger partial charge on any atom is -0.507 e. The van der Waals surface area contributed by atoms with Gasteiger partial charge in [-0.1, -0.05) is 0 Å². The van der Waals surface area contributed by atoms with Crippen LogP contribution in [0.4, 0.5) is 0 Å². The summed E-state index contributed by atoms with van der Waals surface area (Å²) in [7, 11) is 1.50. The Morgan fingerprint density at radius 3 is 2.78 bits per heavy atom. The number of amides is 1. The van der Waals surface area contributed by atoms with Crippen LogP contribution in [0.25, 0.3) is 0 Å². The molecule has 0 atom stereocenters. The fourth-order valence-corrected chi connectivity index (χ4v) is 1.38. The van der Waals surface area contributed by atoms with Crippen molar-refractivity contribution in [1.29, 1.82) is 0 Å². The van der Waals surface area contributed by atoms with Gasteiger partial charge in [-0.15, -0.1) is 0 Å². The molecule has 0 saturated heterocycles. The number of phenols is 1. The number of hydrogen-bond acceptors (Lipinski definition) is 4. The van der Waals surface area contributed by atoms with E-state index < -0.39 is 0 Å². The minimum absolute atomic E-state index is 0.0712. The zero-order valence-electron chi connectivity index (χ0n) is 10.9. The number of hydrogen-bond donors (Lipinski definition) is 2. The molecule has 0 fully saturated rings. The van der Waals surface area contributed by atoms with Gasteiger partial charge in [0.25, 0.3) is 5.91 Å². The number of nitrogens with one attached hydrogen (secondary N) is 1. The molecule has 0 aromatic heterocycles. The van der Waals surface area contributed by atoms with Crippen molar-refractivity contribution < 1.29 is 19.4 Å². The van der Waals surface area contributed by atoms with E-state index in [4.69, 9.17) is 9.47 Å². The molecule has 0 heterocycles. The van der Waals surface area contributed by atoms with Gasteiger partial charge in [0.05, 0.1) is 25.4 Å². The third kappa shape index (κ3) is 4.25. The molecule has 1 aromatic rings. The normalized spacial score (nSPS) is 10.4. The SMILES string of the molecule is COc1ccc(O)c(C(=O)NCCOC(C)C)c1. The highest BCUT2D eigenvalue weighted by Crippen LogP contribution is 2.22. The van der Waals surface area contributed by atoms with Crippen LogP contribution in [0.1, 0.15) is 24.2 Å². The molecule has 0 unspecified atom stereocenters. The van der Waals surface area contributed by atoms with Crippen LogP contribution in [0.15, 0.2) is 18.2 Å². The number of carbonyl (C=O) groups excluding carboxylic acids is 1. The molecule has 100 valence electrons. The van der Waals surface area contributed by atoms with Crippen LogP contribution >= 0.6 is 0 Å². The Kier molecular flexibility index (Phi) is 5.45. The fraction of sp³-hybridized carbons (Fsp3) is 0.462. The number of phenolic OH excluding ortho intramolecular Hbond substituents is 1. The number of methoxy groups -OCH3 is 1. The summed E-state index contributed by atoms with van der Waals surface area (Å²) < 4.78 is 10.3. The van der Waals surface area contributed by atoms with Gasteiger partial charge in [0.15, 0.2) is 0 Å². The molecule has 5 heteroatoms. The third-order valence-corrected chi connectivity index (χ3v) is 2.29. The van der Waals surface area contributed by atoms with Crippen molar-refractivity contribution >= 4 is 5.91 Å². The van der Waals surface area contributed by atoms with Gasteiger partial charge in [-0.25, -0.2) is 0 Å². The smallest absolute Gasteiger partial charge is 0.255 e. The van der Waals surface area contributed by atoms with Crippen molar-refractivity contribution in [3.63, 3.8) is 0 Å². The Bertz CT molecular complexity index is 404. The second-order valence-corrected chi connectivity index (χ2v) is 4.06. The maximum Gasteiger partial charge on any atom is 0.255 e. The first-order valence-electron chi connectivity index (χ1n) is 5.81. The number of carbonyl (C=O) groups is 1. The molecule has 1 aromatic carbocycles. The topological polar surface area (TPSA) is 67.8 Å². The van der Waals surface area contributed by atoms with Crippen molar-refractivity contribution in [3.05, 3.63) is 23.8 Å². The Labute approximate surface area is 107 Å². The standard InChI is InChI=1S/C13H19NO4/c1-9(2)18-7-6-14-13(16)11-8-10(17-3)4-5-12(11)15/h4-5,8-9,15H,6-7H2,1-3H3,(H,14,16). The van der Waals surface area contributed by atoms with E-state index in [1.807, 2.05) is 13.8 Å². The van der Waals surface area contributed by atoms with E-state index in [2.05, 4.69) is 5.32 Å². The van der Waals surface area contributed by atoms with Crippen molar-refractivity contribution in [2.45, 2.75) is 20.0 Å². The molecular weight excluding hydrogens is 234 g/mol. The summed E-state index contributed by atoms with van der Waals surface area (Å²) in [5.41, 5.74) is 0.193. The number of rotatable bonds is 6. The third-order valence-electron chi connectivity index (χ3n) is 2.29. The summed E-state index contributed by atoms with van der Waals surface area (Å²) in [6.45, 7) is 4.69. The van der Waals surface area contributed by atoms with E-state index in [1.165, 1.54) is 19.2 Å². The quantitative estimate of drug-likeness (QED) is 0.755. The van der Waals surface area contributed by atoms with Crippen molar-refractivity contribution in [2.75, 3.05) is 20.3 Å². The van der Waals surface area contributed by atoms with Crippen LogP contribution in [0, 0.1) is 0 Å². The Morgan fingerprint density at radius 2 is 2.17 bits per heavy atom. The summed E-state index contributed by atoms with van der Waals surface area (Å²) in [6.07, 6.45) is 0.132. The van der Waals surface area contributed by atoms with E-state index in [0.717, 1.165) is 0 Å². The molecule has 1 rings (SSSR count). The summed E-state index contributed by atoms with van der Waals surface area (Å²) in [5, 5.41) is 12.3. The first kappa shape index (κ1) is 14.3. The molecule has 0 radical (unpaired) electrons. The summed E-state index contributed by atoms with van der Waals surface area (Å²) in [6, 6.07) is 4.51. The lowest BCUT2D eigenvalue weighted by Crippen LogP contribution is -2.28. The number of ether oxygens (including phenoxy) is 2. The molecule has 2 N–H and O–H groups in total. The van der Waals surface area contributed by atoms with Crippen LogP contribution in [0.5, 0.6) is 11.5 Å². The Morgan fingerprint density at radius 1 is 1.44 bits per heavy atom. The molecule has 1 amide bonds. The van der Waals surface area contributed by atoms with Crippen LogP contribution in [0.2, 0.25) is 0 Å². The number of benzene rings is 1. The molecule has 0 saturated carbocycles. The second-order valence-electron chi connectivity index (χ2n) is 4.06. The summed E-state index contributed by atoms with van der Waals surface area (Å²) in [4.78, 5) is 11.8. The van der Waals surface area contributed by atoms with Gasteiger partial charge in [-0.05, 0) is 32.0 Å². The lowest BCUT2D eigenvalue weighted by atomic mass is 10.2. The van der Waals surface area contributed by atoms with E-state index >= 15 is 0 Å². The predicted molar refractivity (Wildman–Crippen MR) is 68.1 cm³/mol. The average Bonchev–Trinajstić information content (AvgIpc) is 2.34. The van der Waals surface area contributed by atoms with Crippen molar-refractivity contribution in [1.82, 2.24) is 5.32 Å². The molecule has 0 spiro atoms. The van der Waals surface area contributed by atoms with Crippen LogP contribution in [-0.2, 0) is 4.74 Å². The second kappa shape index (κ2) is 6.86. The summed E-state index contributed by atoms with van der Waals surface area (Å²) in [5.74, 6) is 0.105. The first-order valence-corrected chi connectivity index (χ1v) is 5.81. The van der Waals surface area contributed by atoms with E-state index in [1.54, 1.807) is 6.07 Å². The highest BCUT2D eigenvalue weighted by molar-refractivity contribution is 5.97. The molecule has 0 aliphatic heterocycles. The molecule has 0 aliphatic rings. The molecule has 0 aliphatic carbocycles.